The Balaban J connectivity index is 0.000000521. The second-order valence-electron chi connectivity index (χ2n) is 5.29. The standard InChI is InChI=1S/C12H4BrCl2F7N2.C3H4N2/c13-12(21,22)10(16,17)8-3-24(4-23-8)9-6(14)1-5(2-7(9)15)11(18,19)20;1-2-5-3-4-1/h1-4H;1-3H,(H,4,5). The number of imidazole rings is 2. The normalized spacial score (nSPS) is 12.5. The molecule has 0 bridgehead atoms. The molecule has 0 aliphatic heterocycles. The summed E-state index contributed by atoms with van der Waals surface area (Å²) in [5, 5.41) is -1.04. The average molecular weight is 528 g/mol. The predicted octanol–water partition coefficient (Wildman–Crippen LogP) is 6.69. The number of aromatic amines is 1. The zero-order chi connectivity index (χ0) is 22.0. The van der Waals surface area contributed by atoms with Gasteiger partial charge in [0.25, 0.3) is 0 Å². The van der Waals surface area contributed by atoms with Crippen molar-refractivity contribution < 1.29 is 30.7 Å². The van der Waals surface area contributed by atoms with Crippen LogP contribution in [0.5, 0.6) is 0 Å². The van der Waals surface area contributed by atoms with Crippen molar-refractivity contribution >= 4 is 39.1 Å². The lowest BCUT2D eigenvalue weighted by Gasteiger charge is -2.19. The molecule has 3 rings (SSSR count). The molecule has 0 amide bonds. The maximum absolute atomic E-state index is 13.5. The fraction of sp³-hybridized carbons (Fsp3) is 0.200. The van der Waals surface area contributed by atoms with Gasteiger partial charge in [0.2, 0.25) is 0 Å². The molecule has 0 unspecified atom stereocenters. The van der Waals surface area contributed by atoms with E-state index in [2.05, 4.69) is 15.0 Å². The van der Waals surface area contributed by atoms with Crippen molar-refractivity contribution in [2.45, 2.75) is 16.9 Å². The number of H-pyrrole nitrogens is 1. The average Bonchev–Trinajstić information content (AvgIpc) is 3.27. The maximum atomic E-state index is 13.5. The minimum Gasteiger partial charge on any atom is -0.351 e. The topological polar surface area (TPSA) is 46.5 Å². The Hall–Kier alpha value is -1.79. The van der Waals surface area contributed by atoms with E-state index in [1.165, 1.54) is 0 Å². The molecule has 0 spiro atoms. The van der Waals surface area contributed by atoms with E-state index in [9.17, 15) is 30.7 Å². The molecule has 0 saturated heterocycles. The highest BCUT2D eigenvalue weighted by atomic mass is 79.9. The Kier molecular flexibility index (Phi) is 6.90. The molecule has 0 aliphatic carbocycles. The van der Waals surface area contributed by atoms with Gasteiger partial charge in [0.1, 0.15) is 5.69 Å². The molecule has 1 N–H and O–H groups in total. The fourth-order valence-corrected chi connectivity index (χ4v) is 2.83. The molecule has 158 valence electrons. The zero-order valence-corrected chi connectivity index (χ0v) is 16.8. The first-order valence-electron chi connectivity index (χ1n) is 7.23. The molecule has 3 aromatic rings. The molecule has 1 aromatic carbocycles. The summed E-state index contributed by atoms with van der Waals surface area (Å²) in [5.74, 6) is -4.66. The highest BCUT2D eigenvalue weighted by Gasteiger charge is 2.57. The van der Waals surface area contributed by atoms with Crippen molar-refractivity contribution in [2.24, 2.45) is 0 Å². The SMILES string of the molecule is FC(F)(F)c1cc(Cl)c(-n2cnc(C(F)(F)C(F)(F)Br)c2)c(Cl)c1.c1c[nH]cn1. The number of nitrogens with zero attached hydrogens (tertiary/aromatic N) is 3. The quantitative estimate of drug-likeness (QED) is 0.305. The van der Waals surface area contributed by atoms with Crippen LogP contribution >= 0.6 is 39.1 Å². The van der Waals surface area contributed by atoms with Gasteiger partial charge in [0, 0.05) is 18.6 Å². The Bertz CT molecular complexity index is 912. The number of aromatic nitrogens is 4. The van der Waals surface area contributed by atoms with Crippen LogP contribution in [0.4, 0.5) is 30.7 Å². The molecule has 29 heavy (non-hydrogen) atoms. The third kappa shape index (κ3) is 5.43. The molecule has 0 saturated carbocycles. The van der Waals surface area contributed by atoms with Crippen LogP contribution < -0.4 is 0 Å². The Labute approximate surface area is 176 Å². The zero-order valence-electron chi connectivity index (χ0n) is 13.7. The molecule has 2 aromatic heterocycles. The minimum absolute atomic E-state index is 0.307. The summed E-state index contributed by atoms with van der Waals surface area (Å²) in [5.41, 5.74) is -2.78. The lowest BCUT2D eigenvalue weighted by Crippen LogP contribution is -2.32. The summed E-state index contributed by atoms with van der Waals surface area (Å²) in [7, 11) is 0. The van der Waals surface area contributed by atoms with Gasteiger partial charge in [0.05, 0.1) is 34.0 Å². The van der Waals surface area contributed by atoms with E-state index in [1.54, 1.807) is 34.7 Å². The van der Waals surface area contributed by atoms with Gasteiger partial charge in [-0.25, -0.2) is 9.97 Å². The smallest absolute Gasteiger partial charge is 0.351 e. The fourth-order valence-electron chi connectivity index (χ4n) is 1.94. The lowest BCUT2D eigenvalue weighted by molar-refractivity contribution is -0.156. The molecular formula is C15H8BrCl2F7N4. The van der Waals surface area contributed by atoms with Crippen molar-refractivity contribution in [3.63, 3.8) is 0 Å². The molecule has 14 heteroatoms. The summed E-state index contributed by atoms with van der Waals surface area (Å²) in [4.78, 5) is 4.99. The van der Waals surface area contributed by atoms with Crippen LogP contribution in [-0.4, -0.2) is 24.4 Å². The lowest BCUT2D eigenvalue weighted by atomic mass is 10.2. The molecule has 0 radical (unpaired) electrons. The number of hydrogen-bond donors (Lipinski definition) is 1. The number of hydrogen-bond acceptors (Lipinski definition) is 2. The highest BCUT2D eigenvalue weighted by molar-refractivity contribution is 9.10. The van der Waals surface area contributed by atoms with E-state index >= 15 is 0 Å². The van der Waals surface area contributed by atoms with Crippen LogP contribution in [0.25, 0.3) is 5.69 Å². The van der Waals surface area contributed by atoms with Gasteiger partial charge >= 0.3 is 16.9 Å². The van der Waals surface area contributed by atoms with Crippen LogP contribution in [-0.2, 0) is 12.1 Å². The number of benzene rings is 1. The third-order valence-corrected chi connectivity index (χ3v) is 4.34. The van der Waals surface area contributed by atoms with Gasteiger partial charge in [-0.1, -0.05) is 23.2 Å². The van der Waals surface area contributed by atoms with Crippen LogP contribution in [0.3, 0.4) is 0 Å². The first-order chi connectivity index (χ1) is 13.2. The molecule has 0 fully saturated rings. The van der Waals surface area contributed by atoms with Crippen LogP contribution in [0.2, 0.25) is 10.0 Å². The second-order valence-corrected chi connectivity index (χ2v) is 7.10. The number of alkyl halides is 8. The van der Waals surface area contributed by atoms with E-state index in [4.69, 9.17) is 23.2 Å². The number of nitrogens with one attached hydrogen (secondary N) is 1. The third-order valence-electron chi connectivity index (χ3n) is 3.27. The van der Waals surface area contributed by atoms with Crippen molar-refractivity contribution in [3.05, 3.63) is 64.7 Å². The first-order valence-corrected chi connectivity index (χ1v) is 8.78. The van der Waals surface area contributed by atoms with Crippen molar-refractivity contribution in [2.75, 3.05) is 0 Å². The Morgan fingerprint density at radius 3 is 1.97 bits per heavy atom. The van der Waals surface area contributed by atoms with Gasteiger partial charge in [-0.05, 0) is 28.1 Å². The van der Waals surface area contributed by atoms with Crippen LogP contribution in [0.1, 0.15) is 11.3 Å². The highest BCUT2D eigenvalue weighted by Crippen LogP contribution is 2.46. The molecule has 0 aliphatic rings. The van der Waals surface area contributed by atoms with Gasteiger partial charge in [-0.2, -0.15) is 30.7 Å². The number of halogens is 10. The minimum atomic E-state index is -4.73. The summed E-state index contributed by atoms with van der Waals surface area (Å²) >= 11 is 13.0. The van der Waals surface area contributed by atoms with E-state index < -0.39 is 38.2 Å². The number of rotatable bonds is 3. The van der Waals surface area contributed by atoms with E-state index in [1.807, 2.05) is 0 Å². The van der Waals surface area contributed by atoms with Gasteiger partial charge in [-0.3, -0.25) is 0 Å². The van der Waals surface area contributed by atoms with Crippen LogP contribution in [0.15, 0.2) is 43.4 Å². The molecular weight excluding hydrogens is 520 g/mol. The largest absolute Gasteiger partial charge is 0.416 e. The summed E-state index contributed by atoms with van der Waals surface area (Å²) in [6, 6.07) is 1.05. The van der Waals surface area contributed by atoms with E-state index in [0.717, 1.165) is 4.57 Å². The molecule has 0 atom stereocenters. The summed E-state index contributed by atoms with van der Waals surface area (Å²) in [6.07, 6.45) is 1.54. The maximum Gasteiger partial charge on any atom is 0.416 e. The summed E-state index contributed by atoms with van der Waals surface area (Å²) < 4.78 is 91.5. The summed E-state index contributed by atoms with van der Waals surface area (Å²) in [6.45, 7) is 0. The molecule has 4 nitrogen and oxygen atoms in total. The van der Waals surface area contributed by atoms with E-state index in [-0.39, 0.29) is 5.69 Å². The van der Waals surface area contributed by atoms with Crippen LogP contribution in [0, 0.1) is 0 Å². The van der Waals surface area contributed by atoms with E-state index in [0.29, 0.717) is 24.7 Å². The van der Waals surface area contributed by atoms with Crippen molar-refractivity contribution in [3.8, 4) is 5.69 Å². The Morgan fingerprint density at radius 2 is 1.59 bits per heavy atom. The second kappa shape index (κ2) is 8.52. The van der Waals surface area contributed by atoms with Gasteiger partial charge in [0.15, 0.2) is 0 Å². The predicted molar refractivity (Wildman–Crippen MR) is 94.9 cm³/mol. The monoisotopic (exact) mass is 526 g/mol. The van der Waals surface area contributed by atoms with Gasteiger partial charge in [-0.15, -0.1) is 0 Å². The van der Waals surface area contributed by atoms with Gasteiger partial charge < -0.3 is 9.55 Å². The van der Waals surface area contributed by atoms with Crippen molar-refractivity contribution in [1.29, 1.82) is 0 Å². The van der Waals surface area contributed by atoms with Crippen molar-refractivity contribution in [1.82, 2.24) is 19.5 Å². The first kappa shape index (κ1) is 23.5. The molecule has 2 heterocycles. The Morgan fingerprint density at radius 1 is 1.00 bits per heavy atom.